The molecule has 1 amide bonds. The Morgan fingerprint density at radius 2 is 1.77 bits per heavy atom. The first-order chi connectivity index (χ1) is 14.6. The molecule has 1 aliphatic heterocycles. The molecule has 0 saturated carbocycles. The number of carbonyl (C=O) groups is 1. The summed E-state index contributed by atoms with van der Waals surface area (Å²) >= 11 is 0. The Labute approximate surface area is 180 Å². The molecule has 2 aromatic rings. The number of nitrogens with one attached hydrogen (secondary N) is 3. The number of alkyl carbamates (subject to hydrolysis) is 1. The van der Waals surface area contributed by atoms with Crippen LogP contribution in [-0.2, 0) is 20.7 Å². The lowest BCUT2D eigenvalue weighted by atomic mass is 9.77. The minimum Gasteiger partial charge on any atom is -0.445 e. The molecule has 164 valence electrons. The van der Waals surface area contributed by atoms with Crippen molar-refractivity contribution >= 4 is 19.3 Å². The highest BCUT2D eigenvalue weighted by atomic mass is 16.7. The quantitative estimate of drug-likeness (QED) is 0.607. The van der Waals surface area contributed by atoms with Crippen LogP contribution in [-0.4, -0.2) is 40.9 Å². The average Bonchev–Trinajstić information content (AvgIpc) is 2.93. The van der Waals surface area contributed by atoms with E-state index >= 15 is 0 Å². The van der Waals surface area contributed by atoms with Crippen molar-refractivity contribution in [3.05, 3.63) is 74.0 Å². The van der Waals surface area contributed by atoms with Crippen molar-refractivity contribution in [1.82, 2.24) is 15.3 Å². The van der Waals surface area contributed by atoms with Crippen LogP contribution in [0.15, 0.2) is 51.6 Å². The van der Waals surface area contributed by atoms with Crippen molar-refractivity contribution < 1.29 is 18.8 Å². The third kappa shape index (κ3) is 5.53. The fraction of sp³-hybridized carbons (Fsp3) is 0.381. The zero-order chi connectivity index (χ0) is 22.6. The van der Waals surface area contributed by atoms with Crippen LogP contribution in [0.3, 0.4) is 0 Å². The summed E-state index contributed by atoms with van der Waals surface area (Å²) < 4.78 is 17.4. The molecule has 1 aromatic carbocycles. The molecule has 0 radical (unpaired) electrons. The van der Waals surface area contributed by atoms with Crippen molar-refractivity contribution in [2.45, 2.75) is 45.5 Å². The molecule has 1 saturated heterocycles. The smallest absolute Gasteiger partial charge is 0.445 e. The number of rotatable bonds is 6. The molecular weight excluding hydrogens is 401 g/mol. The fourth-order valence-corrected chi connectivity index (χ4v) is 2.87. The first kappa shape index (κ1) is 22.6. The van der Waals surface area contributed by atoms with Gasteiger partial charge in [0.2, 0.25) is 0 Å². The SMILES string of the molecule is CC1(C)OB(C(=Cc2c[nH]c(=O)[nH]c2=O)CNC(=O)OCc2ccccc2)OC1(C)C. The summed E-state index contributed by atoms with van der Waals surface area (Å²) in [5, 5.41) is 2.66. The van der Waals surface area contributed by atoms with Crippen LogP contribution in [0.2, 0.25) is 0 Å². The van der Waals surface area contributed by atoms with Gasteiger partial charge in [-0.15, -0.1) is 0 Å². The Morgan fingerprint density at radius 1 is 1.13 bits per heavy atom. The van der Waals surface area contributed by atoms with Gasteiger partial charge in [0.25, 0.3) is 5.56 Å². The fourth-order valence-electron chi connectivity index (χ4n) is 2.87. The van der Waals surface area contributed by atoms with Crippen LogP contribution in [0.1, 0.15) is 38.8 Å². The van der Waals surface area contributed by atoms with Gasteiger partial charge in [0.1, 0.15) is 6.61 Å². The number of hydrogen-bond acceptors (Lipinski definition) is 6. The summed E-state index contributed by atoms with van der Waals surface area (Å²) in [6.07, 6.45) is 2.19. The van der Waals surface area contributed by atoms with Gasteiger partial charge in [-0.3, -0.25) is 9.78 Å². The van der Waals surface area contributed by atoms with E-state index in [9.17, 15) is 14.4 Å². The zero-order valence-electron chi connectivity index (χ0n) is 18.0. The van der Waals surface area contributed by atoms with Gasteiger partial charge in [0.05, 0.1) is 16.8 Å². The predicted octanol–water partition coefficient (Wildman–Crippen LogP) is 2.00. The summed E-state index contributed by atoms with van der Waals surface area (Å²) in [6, 6.07) is 9.30. The second kappa shape index (κ2) is 8.95. The summed E-state index contributed by atoms with van der Waals surface area (Å²) in [6.45, 7) is 7.75. The van der Waals surface area contributed by atoms with E-state index in [4.69, 9.17) is 14.0 Å². The average molecular weight is 427 g/mol. The molecule has 0 unspecified atom stereocenters. The standard InChI is InChI=1S/C21H26BN3O6/c1-20(2)21(3,4)31-22(30-20)16(10-15-11-23-18(27)25-17(15)26)12-24-19(28)29-13-14-8-6-5-7-9-14/h5-11H,12-13H2,1-4H3,(H,24,28)(H2,23,25,26,27). The van der Waals surface area contributed by atoms with Crippen LogP contribution in [0.25, 0.3) is 6.08 Å². The van der Waals surface area contributed by atoms with Gasteiger partial charge in [-0.1, -0.05) is 36.4 Å². The molecule has 2 heterocycles. The van der Waals surface area contributed by atoms with Crippen molar-refractivity contribution in [3.63, 3.8) is 0 Å². The lowest BCUT2D eigenvalue weighted by Crippen LogP contribution is -2.41. The van der Waals surface area contributed by atoms with Gasteiger partial charge in [0, 0.05) is 12.7 Å². The topological polar surface area (TPSA) is 123 Å². The second-order valence-corrected chi connectivity index (χ2v) is 8.25. The van der Waals surface area contributed by atoms with Gasteiger partial charge in [0.15, 0.2) is 0 Å². The third-order valence-electron chi connectivity index (χ3n) is 5.39. The van der Waals surface area contributed by atoms with E-state index in [0.717, 1.165) is 5.56 Å². The number of carbonyl (C=O) groups excluding carboxylic acids is 1. The van der Waals surface area contributed by atoms with Crippen molar-refractivity contribution in [3.8, 4) is 0 Å². The van der Waals surface area contributed by atoms with E-state index in [-0.39, 0.29) is 18.7 Å². The number of benzene rings is 1. The van der Waals surface area contributed by atoms with Crippen molar-refractivity contribution in [2.75, 3.05) is 6.54 Å². The van der Waals surface area contributed by atoms with E-state index < -0.39 is 35.7 Å². The summed E-state index contributed by atoms with van der Waals surface area (Å²) in [5.74, 6) is 0. The molecule has 0 atom stereocenters. The number of amides is 1. The normalized spacial score (nSPS) is 17.4. The van der Waals surface area contributed by atoms with Gasteiger partial charge >= 0.3 is 18.9 Å². The number of hydrogen-bond donors (Lipinski definition) is 3. The molecule has 0 spiro atoms. The zero-order valence-corrected chi connectivity index (χ0v) is 18.0. The summed E-state index contributed by atoms with van der Waals surface area (Å²) in [4.78, 5) is 40.2. The lowest BCUT2D eigenvalue weighted by Gasteiger charge is -2.32. The Bertz CT molecular complexity index is 1060. The molecule has 3 rings (SSSR count). The maximum atomic E-state index is 12.2. The molecule has 1 aliphatic rings. The van der Waals surface area contributed by atoms with Gasteiger partial charge in [-0.25, -0.2) is 9.59 Å². The largest absolute Gasteiger partial charge is 0.492 e. The Balaban J connectivity index is 1.76. The maximum absolute atomic E-state index is 12.2. The minimum atomic E-state index is -0.800. The number of ether oxygens (including phenoxy) is 1. The first-order valence-corrected chi connectivity index (χ1v) is 9.90. The Kier molecular flexibility index (Phi) is 6.52. The molecule has 0 bridgehead atoms. The van der Waals surface area contributed by atoms with Gasteiger partial charge in [-0.2, -0.15) is 0 Å². The monoisotopic (exact) mass is 427 g/mol. The van der Waals surface area contributed by atoms with Crippen molar-refractivity contribution in [2.24, 2.45) is 0 Å². The van der Waals surface area contributed by atoms with Gasteiger partial charge < -0.3 is 24.3 Å². The van der Waals surface area contributed by atoms with Crippen LogP contribution in [0.4, 0.5) is 4.79 Å². The minimum absolute atomic E-state index is 0.0169. The molecule has 10 heteroatoms. The molecule has 31 heavy (non-hydrogen) atoms. The summed E-state index contributed by atoms with van der Waals surface area (Å²) in [5.41, 5.74) is -0.841. The number of aromatic amines is 2. The molecule has 1 fully saturated rings. The van der Waals surface area contributed by atoms with E-state index in [1.54, 1.807) is 0 Å². The van der Waals surface area contributed by atoms with E-state index in [1.807, 2.05) is 58.0 Å². The van der Waals surface area contributed by atoms with Gasteiger partial charge in [-0.05, 0) is 38.7 Å². The maximum Gasteiger partial charge on any atom is 0.492 e. The third-order valence-corrected chi connectivity index (χ3v) is 5.39. The van der Waals surface area contributed by atoms with Crippen LogP contribution < -0.4 is 16.6 Å². The lowest BCUT2D eigenvalue weighted by molar-refractivity contribution is 0.00578. The molecule has 0 aliphatic carbocycles. The number of H-pyrrole nitrogens is 2. The Hall–Kier alpha value is -3.11. The predicted molar refractivity (Wildman–Crippen MR) is 116 cm³/mol. The molecule has 9 nitrogen and oxygen atoms in total. The van der Waals surface area contributed by atoms with Crippen LogP contribution in [0.5, 0.6) is 0 Å². The molecule has 3 N–H and O–H groups in total. The van der Waals surface area contributed by atoms with Crippen LogP contribution >= 0.6 is 0 Å². The molecule has 1 aromatic heterocycles. The highest BCUT2D eigenvalue weighted by Crippen LogP contribution is 2.38. The van der Waals surface area contributed by atoms with Crippen molar-refractivity contribution in [1.29, 1.82) is 0 Å². The highest BCUT2D eigenvalue weighted by molar-refractivity contribution is 6.56. The number of aromatic nitrogens is 2. The molecular formula is C21H26BN3O6. The Morgan fingerprint density at radius 3 is 2.39 bits per heavy atom. The first-order valence-electron chi connectivity index (χ1n) is 9.90. The van der Waals surface area contributed by atoms with E-state index in [1.165, 1.54) is 12.3 Å². The second-order valence-electron chi connectivity index (χ2n) is 8.25. The van der Waals surface area contributed by atoms with Crippen LogP contribution in [0, 0.1) is 0 Å². The van der Waals surface area contributed by atoms with E-state index in [2.05, 4.69) is 15.3 Å². The van der Waals surface area contributed by atoms with E-state index in [0.29, 0.717) is 5.47 Å². The summed E-state index contributed by atoms with van der Waals surface area (Å²) in [7, 11) is -0.800. The highest BCUT2D eigenvalue weighted by Gasteiger charge is 2.52.